The van der Waals surface area contributed by atoms with E-state index in [0.29, 0.717) is 6.42 Å². The number of carboxylic acids is 1. The zero-order valence-corrected chi connectivity index (χ0v) is 10.4. The van der Waals surface area contributed by atoms with E-state index >= 15 is 0 Å². The molecule has 0 fully saturated rings. The number of carboxylic acid groups (broad SMARTS) is 1. The molecule has 0 saturated carbocycles. The van der Waals surface area contributed by atoms with Crippen molar-refractivity contribution >= 4 is 5.97 Å². The summed E-state index contributed by atoms with van der Waals surface area (Å²) in [5.74, 6) is -1.11. The molecule has 0 aliphatic heterocycles. The molecule has 1 heterocycles. The molecule has 0 bridgehead atoms. The highest BCUT2D eigenvalue weighted by molar-refractivity contribution is 5.71. The van der Waals surface area contributed by atoms with E-state index in [1.54, 1.807) is 6.20 Å². The highest BCUT2D eigenvalue weighted by atomic mass is 16.4. The summed E-state index contributed by atoms with van der Waals surface area (Å²) in [5.41, 5.74) is 0.754. The molecule has 1 aromatic rings. The van der Waals surface area contributed by atoms with Crippen molar-refractivity contribution < 1.29 is 9.90 Å². The molecule has 1 rings (SSSR count). The number of aryl methyl sites for hydroxylation is 1. The van der Waals surface area contributed by atoms with Crippen LogP contribution >= 0.6 is 0 Å². The SMILES string of the molecule is CCn1cc(CC(C(=O)O)C(C)(C)C)cn1. The Kier molecular flexibility index (Phi) is 3.73. The Hall–Kier alpha value is -1.32. The Balaban J connectivity index is 2.80. The van der Waals surface area contributed by atoms with Crippen LogP contribution in [0.1, 0.15) is 33.3 Å². The molecule has 0 aliphatic rings. The van der Waals surface area contributed by atoms with Crippen LogP contribution in [0.15, 0.2) is 12.4 Å². The second kappa shape index (κ2) is 4.68. The summed E-state index contributed by atoms with van der Waals surface area (Å²) >= 11 is 0. The number of aliphatic carboxylic acids is 1. The molecular weight excluding hydrogens is 204 g/mol. The van der Waals surface area contributed by atoms with Crippen LogP contribution in [0.4, 0.5) is 0 Å². The zero-order chi connectivity index (χ0) is 12.3. The Labute approximate surface area is 96.3 Å². The molecule has 4 nitrogen and oxygen atoms in total. The molecule has 0 radical (unpaired) electrons. The van der Waals surface area contributed by atoms with Gasteiger partial charge in [0.15, 0.2) is 0 Å². The summed E-state index contributed by atoms with van der Waals surface area (Å²) in [6.07, 6.45) is 4.21. The maximum atomic E-state index is 11.2. The smallest absolute Gasteiger partial charge is 0.307 e. The van der Waals surface area contributed by atoms with Gasteiger partial charge in [0.25, 0.3) is 0 Å². The van der Waals surface area contributed by atoms with E-state index in [1.165, 1.54) is 0 Å². The first-order valence-electron chi connectivity index (χ1n) is 5.58. The van der Waals surface area contributed by atoms with E-state index in [1.807, 2.05) is 38.6 Å². The monoisotopic (exact) mass is 224 g/mol. The Bertz CT molecular complexity index is 363. The van der Waals surface area contributed by atoms with Crippen molar-refractivity contribution in [1.82, 2.24) is 9.78 Å². The largest absolute Gasteiger partial charge is 0.481 e. The fraction of sp³-hybridized carbons (Fsp3) is 0.667. The fourth-order valence-corrected chi connectivity index (χ4v) is 1.68. The third kappa shape index (κ3) is 3.08. The van der Waals surface area contributed by atoms with Gasteiger partial charge < -0.3 is 5.11 Å². The number of rotatable bonds is 4. The van der Waals surface area contributed by atoms with Crippen molar-refractivity contribution in [3.63, 3.8) is 0 Å². The number of aromatic nitrogens is 2. The average Bonchev–Trinajstić information content (AvgIpc) is 2.59. The third-order valence-electron chi connectivity index (χ3n) is 2.79. The van der Waals surface area contributed by atoms with Crippen LogP contribution in [0, 0.1) is 11.3 Å². The molecule has 16 heavy (non-hydrogen) atoms. The van der Waals surface area contributed by atoms with Gasteiger partial charge in [0, 0.05) is 12.7 Å². The highest BCUT2D eigenvalue weighted by Gasteiger charge is 2.31. The minimum absolute atomic E-state index is 0.236. The number of nitrogens with zero attached hydrogens (tertiary/aromatic N) is 2. The molecule has 4 heteroatoms. The number of hydrogen-bond acceptors (Lipinski definition) is 2. The molecule has 0 saturated heterocycles. The Morgan fingerprint density at radius 2 is 2.19 bits per heavy atom. The van der Waals surface area contributed by atoms with Gasteiger partial charge in [0.1, 0.15) is 0 Å². The predicted octanol–water partition coefficient (Wildman–Crippen LogP) is 2.19. The van der Waals surface area contributed by atoms with Crippen LogP contribution in [-0.4, -0.2) is 20.9 Å². The van der Waals surface area contributed by atoms with Gasteiger partial charge in [0.05, 0.1) is 12.1 Å². The Morgan fingerprint density at radius 3 is 2.56 bits per heavy atom. The molecule has 0 amide bonds. The summed E-state index contributed by atoms with van der Waals surface area (Å²) < 4.78 is 1.82. The first kappa shape index (κ1) is 12.7. The van der Waals surface area contributed by atoms with Gasteiger partial charge in [-0.25, -0.2) is 0 Å². The van der Waals surface area contributed by atoms with Crippen LogP contribution in [0.5, 0.6) is 0 Å². The van der Waals surface area contributed by atoms with Gasteiger partial charge in [-0.3, -0.25) is 9.48 Å². The van der Waals surface area contributed by atoms with E-state index in [2.05, 4.69) is 5.10 Å². The molecule has 1 N–H and O–H groups in total. The van der Waals surface area contributed by atoms with Crippen molar-refractivity contribution in [3.8, 4) is 0 Å². The number of carbonyl (C=O) groups is 1. The van der Waals surface area contributed by atoms with Crippen LogP contribution < -0.4 is 0 Å². The Morgan fingerprint density at radius 1 is 1.56 bits per heavy atom. The molecule has 1 unspecified atom stereocenters. The lowest BCUT2D eigenvalue weighted by Gasteiger charge is -2.26. The van der Waals surface area contributed by atoms with Crippen molar-refractivity contribution in [2.45, 2.75) is 40.7 Å². The van der Waals surface area contributed by atoms with Gasteiger partial charge >= 0.3 is 5.97 Å². The molecule has 0 aliphatic carbocycles. The lowest BCUT2D eigenvalue weighted by Crippen LogP contribution is -2.30. The van der Waals surface area contributed by atoms with Crippen molar-refractivity contribution in [1.29, 1.82) is 0 Å². The quantitative estimate of drug-likeness (QED) is 0.853. The minimum atomic E-state index is -0.739. The summed E-state index contributed by atoms with van der Waals surface area (Å²) in [6.45, 7) is 8.69. The van der Waals surface area contributed by atoms with E-state index in [4.69, 9.17) is 0 Å². The van der Waals surface area contributed by atoms with Gasteiger partial charge in [-0.2, -0.15) is 5.10 Å². The van der Waals surface area contributed by atoms with Gasteiger partial charge in [-0.05, 0) is 24.3 Å². The maximum Gasteiger partial charge on any atom is 0.307 e. The molecule has 0 aromatic carbocycles. The van der Waals surface area contributed by atoms with Crippen LogP contribution in [-0.2, 0) is 17.8 Å². The van der Waals surface area contributed by atoms with Crippen LogP contribution in [0.25, 0.3) is 0 Å². The van der Waals surface area contributed by atoms with E-state index < -0.39 is 5.97 Å². The molecular formula is C12H20N2O2. The summed E-state index contributed by atoms with van der Waals surface area (Å²) in [7, 11) is 0. The summed E-state index contributed by atoms with van der Waals surface area (Å²) in [6, 6.07) is 0. The molecule has 90 valence electrons. The van der Waals surface area contributed by atoms with Gasteiger partial charge in [-0.15, -0.1) is 0 Å². The van der Waals surface area contributed by atoms with E-state index in [9.17, 15) is 9.90 Å². The predicted molar refractivity (Wildman–Crippen MR) is 62.2 cm³/mol. The highest BCUT2D eigenvalue weighted by Crippen LogP contribution is 2.29. The molecule has 1 aromatic heterocycles. The lowest BCUT2D eigenvalue weighted by molar-refractivity contribution is -0.145. The molecule has 1 atom stereocenters. The van der Waals surface area contributed by atoms with Crippen molar-refractivity contribution in [3.05, 3.63) is 18.0 Å². The molecule has 0 spiro atoms. The average molecular weight is 224 g/mol. The van der Waals surface area contributed by atoms with Crippen molar-refractivity contribution in [2.24, 2.45) is 11.3 Å². The topological polar surface area (TPSA) is 55.1 Å². The van der Waals surface area contributed by atoms with Crippen LogP contribution in [0.3, 0.4) is 0 Å². The van der Waals surface area contributed by atoms with Crippen LogP contribution in [0.2, 0.25) is 0 Å². The first-order valence-corrected chi connectivity index (χ1v) is 5.58. The van der Waals surface area contributed by atoms with Gasteiger partial charge in [-0.1, -0.05) is 20.8 Å². The maximum absolute atomic E-state index is 11.2. The third-order valence-corrected chi connectivity index (χ3v) is 2.79. The normalized spacial score (nSPS) is 13.8. The van der Waals surface area contributed by atoms with Gasteiger partial charge in [0.2, 0.25) is 0 Å². The van der Waals surface area contributed by atoms with E-state index in [-0.39, 0.29) is 11.3 Å². The number of hydrogen-bond donors (Lipinski definition) is 1. The lowest BCUT2D eigenvalue weighted by atomic mass is 9.78. The second-order valence-corrected chi connectivity index (χ2v) is 5.17. The standard InChI is InChI=1S/C12H20N2O2/c1-5-14-8-9(7-13-14)6-10(11(15)16)12(2,3)4/h7-8,10H,5-6H2,1-4H3,(H,15,16). The van der Waals surface area contributed by atoms with E-state index in [0.717, 1.165) is 12.1 Å². The summed E-state index contributed by atoms with van der Waals surface area (Å²) in [4.78, 5) is 11.2. The van der Waals surface area contributed by atoms with Crippen molar-refractivity contribution in [2.75, 3.05) is 0 Å². The second-order valence-electron chi connectivity index (χ2n) is 5.17. The summed E-state index contributed by atoms with van der Waals surface area (Å²) in [5, 5.41) is 13.4. The first-order chi connectivity index (χ1) is 7.34. The fourth-order valence-electron chi connectivity index (χ4n) is 1.68. The zero-order valence-electron chi connectivity index (χ0n) is 10.4. The minimum Gasteiger partial charge on any atom is -0.481 e.